The van der Waals surface area contributed by atoms with Crippen LogP contribution in [0.4, 0.5) is 0 Å². The molecular formula is C23H43NO2. The minimum Gasteiger partial charge on any atom is -0.352 e. The molecule has 0 amide bonds. The third-order valence-electron chi connectivity index (χ3n) is 5.75. The molecule has 0 radical (unpaired) electrons. The second kappa shape index (κ2) is 15.5. The summed E-state index contributed by atoms with van der Waals surface area (Å²) in [5.74, 6) is 0. The maximum Gasteiger partial charge on any atom is 0.219 e. The predicted octanol–water partition coefficient (Wildman–Crippen LogP) is 7.16. The van der Waals surface area contributed by atoms with Crippen LogP contribution in [0, 0.1) is 12.0 Å². The molecule has 0 bridgehead atoms. The van der Waals surface area contributed by atoms with Crippen molar-refractivity contribution in [3.05, 3.63) is 11.4 Å². The first kappa shape index (κ1) is 23.4. The smallest absolute Gasteiger partial charge is 0.219 e. The Balaban J connectivity index is 2.34. The zero-order chi connectivity index (χ0) is 18.9. The van der Waals surface area contributed by atoms with Crippen LogP contribution in [0.1, 0.15) is 110 Å². The molecule has 1 heterocycles. The Morgan fingerprint density at radius 3 is 1.69 bits per heavy atom. The molecule has 1 aliphatic heterocycles. The predicted molar refractivity (Wildman–Crippen MR) is 110 cm³/mol. The minimum atomic E-state index is -0.147. The van der Waals surface area contributed by atoms with Crippen LogP contribution in [-0.2, 0) is 9.47 Å². The van der Waals surface area contributed by atoms with E-state index in [0.717, 1.165) is 13.2 Å². The quantitative estimate of drug-likeness (QED) is 0.214. The number of hydrogen-bond donors (Lipinski definition) is 0. The van der Waals surface area contributed by atoms with Gasteiger partial charge in [-0.3, -0.25) is 0 Å². The highest BCUT2D eigenvalue weighted by molar-refractivity contribution is 4.82. The number of ether oxygens (including phenoxy) is 2. The van der Waals surface area contributed by atoms with E-state index in [1.807, 2.05) is 0 Å². The zero-order valence-corrected chi connectivity index (χ0v) is 17.6. The van der Waals surface area contributed by atoms with Crippen LogP contribution < -0.4 is 0 Å². The molecule has 0 aromatic carbocycles. The summed E-state index contributed by atoms with van der Waals surface area (Å²) in [6.45, 7) is 13.7. The lowest BCUT2D eigenvalue weighted by atomic mass is 9.78. The molecule has 0 aliphatic carbocycles. The fourth-order valence-electron chi connectivity index (χ4n) is 3.94. The summed E-state index contributed by atoms with van der Waals surface area (Å²) in [6, 6.07) is 0. The van der Waals surface area contributed by atoms with Gasteiger partial charge in [0, 0.05) is 5.41 Å². The average molecular weight is 366 g/mol. The Morgan fingerprint density at radius 1 is 0.769 bits per heavy atom. The van der Waals surface area contributed by atoms with E-state index >= 15 is 0 Å². The van der Waals surface area contributed by atoms with Crippen LogP contribution in [-0.4, -0.2) is 26.0 Å². The Bertz CT molecular complexity index is 338. The molecule has 3 heteroatoms. The van der Waals surface area contributed by atoms with Crippen molar-refractivity contribution in [2.45, 2.75) is 116 Å². The largest absolute Gasteiger partial charge is 0.352 e. The summed E-state index contributed by atoms with van der Waals surface area (Å²) in [5, 5.41) is 0. The fourth-order valence-corrected chi connectivity index (χ4v) is 3.94. The summed E-state index contributed by atoms with van der Waals surface area (Å²) >= 11 is 0. The standard InChI is InChI=1S/C23H43NO2/c1-4-6-8-10-12-14-17-23(18-15-13-11-9-7-5-2)20-25-22(26-21-23)16-19-24-3/h22H,4-21H2,1-2H3. The van der Waals surface area contributed by atoms with Gasteiger partial charge >= 0.3 is 0 Å². The van der Waals surface area contributed by atoms with Gasteiger partial charge in [-0.2, -0.15) is 0 Å². The van der Waals surface area contributed by atoms with E-state index in [9.17, 15) is 0 Å². The average Bonchev–Trinajstić information content (AvgIpc) is 2.67. The molecule has 0 aromatic rings. The van der Waals surface area contributed by atoms with Gasteiger partial charge in [-0.05, 0) is 12.8 Å². The molecule has 1 saturated heterocycles. The van der Waals surface area contributed by atoms with E-state index in [1.165, 1.54) is 89.9 Å². The summed E-state index contributed by atoms with van der Waals surface area (Å²) in [7, 11) is 0. The molecule has 0 spiro atoms. The third-order valence-corrected chi connectivity index (χ3v) is 5.75. The lowest BCUT2D eigenvalue weighted by Crippen LogP contribution is -2.42. The molecule has 1 fully saturated rings. The van der Waals surface area contributed by atoms with Crippen LogP contribution in [0.3, 0.4) is 0 Å². The molecule has 0 unspecified atom stereocenters. The second-order valence-electron chi connectivity index (χ2n) is 8.26. The molecule has 0 saturated carbocycles. The molecule has 152 valence electrons. The number of hydrogen-bond acceptors (Lipinski definition) is 2. The van der Waals surface area contributed by atoms with Crippen LogP contribution in [0.15, 0.2) is 0 Å². The van der Waals surface area contributed by atoms with Gasteiger partial charge in [0.25, 0.3) is 0 Å². The molecule has 1 aliphatic rings. The van der Waals surface area contributed by atoms with Gasteiger partial charge in [-0.15, -0.1) is 0 Å². The van der Waals surface area contributed by atoms with E-state index in [1.54, 1.807) is 0 Å². The van der Waals surface area contributed by atoms with Crippen molar-refractivity contribution < 1.29 is 9.47 Å². The van der Waals surface area contributed by atoms with Crippen LogP contribution >= 0.6 is 0 Å². The zero-order valence-electron chi connectivity index (χ0n) is 17.6. The van der Waals surface area contributed by atoms with Gasteiger partial charge in [-0.25, -0.2) is 6.57 Å². The normalized spacial score (nSPS) is 17.3. The van der Waals surface area contributed by atoms with Crippen molar-refractivity contribution in [2.24, 2.45) is 5.41 Å². The van der Waals surface area contributed by atoms with Crippen LogP contribution in [0.25, 0.3) is 4.85 Å². The van der Waals surface area contributed by atoms with Gasteiger partial charge in [0.05, 0.1) is 19.6 Å². The van der Waals surface area contributed by atoms with Gasteiger partial charge in [-0.1, -0.05) is 90.9 Å². The van der Waals surface area contributed by atoms with Crippen molar-refractivity contribution in [1.29, 1.82) is 0 Å². The Hall–Kier alpha value is -0.590. The van der Waals surface area contributed by atoms with Crippen LogP contribution in [0.2, 0.25) is 0 Å². The van der Waals surface area contributed by atoms with E-state index in [2.05, 4.69) is 18.7 Å². The van der Waals surface area contributed by atoms with Crippen molar-refractivity contribution in [3.63, 3.8) is 0 Å². The highest BCUT2D eigenvalue weighted by Crippen LogP contribution is 2.36. The Morgan fingerprint density at radius 2 is 1.23 bits per heavy atom. The van der Waals surface area contributed by atoms with E-state index in [0.29, 0.717) is 13.0 Å². The highest BCUT2D eigenvalue weighted by Gasteiger charge is 2.36. The summed E-state index contributed by atoms with van der Waals surface area (Å²) in [5.41, 5.74) is 0.226. The SMILES string of the molecule is [C-]#[N+]CCC1OCC(CCCCCCCC)(CCCCCCCC)CO1. The first-order valence-electron chi connectivity index (χ1n) is 11.3. The number of nitrogens with zero attached hydrogens (tertiary/aromatic N) is 1. The summed E-state index contributed by atoms with van der Waals surface area (Å²) in [4.78, 5) is 3.43. The van der Waals surface area contributed by atoms with Crippen molar-refractivity contribution in [2.75, 3.05) is 19.8 Å². The molecule has 0 N–H and O–H groups in total. The Labute approximate surface area is 163 Å². The maximum absolute atomic E-state index is 6.93. The van der Waals surface area contributed by atoms with Crippen molar-refractivity contribution >= 4 is 0 Å². The number of unbranched alkanes of at least 4 members (excludes halogenated alkanes) is 10. The molecule has 3 nitrogen and oxygen atoms in total. The molecular weight excluding hydrogens is 322 g/mol. The topological polar surface area (TPSA) is 22.8 Å². The van der Waals surface area contributed by atoms with Crippen molar-refractivity contribution in [3.8, 4) is 0 Å². The first-order chi connectivity index (χ1) is 12.8. The van der Waals surface area contributed by atoms with E-state index < -0.39 is 0 Å². The minimum absolute atomic E-state index is 0.147. The second-order valence-corrected chi connectivity index (χ2v) is 8.26. The van der Waals surface area contributed by atoms with Gasteiger partial charge in [0.15, 0.2) is 6.29 Å². The maximum atomic E-state index is 6.93. The molecule has 0 aromatic heterocycles. The van der Waals surface area contributed by atoms with Crippen molar-refractivity contribution in [1.82, 2.24) is 0 Å². The third kappa shape index (κ3) is 10.5. The highest BCUT2D eigenvalue weighted by atomic mass is 16.7. The van der Waals surface area contributed by atoms with E-state index in [-0.39, 0.29) is 11.7 Å². The summed E-state index contributed by atoms with van der Waals surface area (Å²) < 4.78 is 12.0. The molecule has 0 atom stereocenters. The van der Waals surface area contributed by atoms with Crippen LogP contribution in [0.5, 0.6) is 0 Å². The van der Waals surface area contributed by atoms with Gasteiger partial charge < -0.3 is 14.3 Å². The molecule has 1 rings (SSSR count). The number of rotatable bonds is 16. The Kier molecular flexibility index (Phi) is 13.9. The molecule has 26 heavy (non-hydrogen) atoms. The fraction of sp³-hybridized carbons (Fsp3) is 0.957. The van der Waals surface area contributed by atoms with Gasteiger partial charge in [0.2, 0.25) is 6.54 Å². The lowest BCUT2D eigenvalue weighted by molar-refractivity contribution is -0.233. The lowest BCUT2D eigenvalue weighted by Gasteiger charge is -2.40. The van der Waals surface area contributed by atoms with E-state index in [4.69, 9.17) is 16.0 Å². The van der Waals surface area contributed by atoms with Gasteiger partial charge in [0.1, 0.15) is 0 Å². The monoisotopic (exact) mass is 365 g/mol. The summed E-state index contributed by atoms with van der Waals surface area (Å²) in [6.07, 6.45) is 19.2. The first-order valence-corrected chi connectivity index (χ1v) is 11.3.